The zero-order chi connectivity index (χ0) is 9.84. The monoisotopic (exact) mass is 199 g/mol. The van der Waals surface area contributed by atoms with E-state index in [0.717, 1.165) is 4.88 Å². The largest absolute Gasteiger partial charge is 0.462 e. The van der Waals surface area contributed by atoms with Gasteiger partial charge in [0.05, 0.1) is 6.61 Å². The van der Waals surface area contributed by atoms with Gasteiger partial charge in [-0.05, 0) is 26.0 Å². The molecule has 2 N–H and O–H groups in total. The van der Waals surface area contributed by atoms with Gasteiger partial charge in [-0.15, -0.1) is 11.3 Å². The molecule has 1 rings (SSSR count). The fourth-order valence-electron chi connectivity index (χ4n) is 0.909. The second-order valence-electron chi connectivity index (χ2n) is 2.71. The molecule has 4 heteroatoms. The highest BCUT2D eigenvalue weighted by molar-refractivity contribution is 7.14. The molecule has 1 heterocycles. The SMILES string of the molecule is CCOC(=O)c1ccc(C(C)N)s1. The van der Waals surface area contributed by atoms with Gasteiger partial charge in [-0.1, -0.05) is 0 Å². The summed E-state index contributed by atoms with van der Waals surface area (Å²) in [6.07, 6.45) is 0. The Morgan fingerprint density at radius 3 is 2.85 bits per heavy atom. The Morgan fingerprint density at radius 2 is 2.38 bits per heavy atom. The number of thiophene rings is 1. The van der Waals surface area contributed by atoms with Gasteiger partial charge in [-0.25, -0.2) is 4.79 Å². The van der Waals surface area contributed by atoms with Gasteiger partial charge in [0, 0.05) is 10.9 Å². The maximum atomic E-state index is 11.2. The Labute approximate surface area is 81.5 Å². The lowest BCUT2D eigenvalue weighted by molar-refractivity contribution is 0.0532. The van der Waals surface area contributed by atoms with Gasteiger partial charge in [0.2, 0.25) is 0 Å². The summed E-state index contributed by atoms with van der Waals surface area (Å²) >= 11 is 1.39. The minimum Gasteiger partial charge on any atom is -0.462 e. The summed E-state index contributed by atoms with van der Waals surface area (Å²) in [5.74, 6) is -0.264. The molecule has 0 spiro atoms. The van der Waals surface area contributed by atoms with Crippen LogP contribution < -0.4 is 5.73 Å². The highest BCUT2D eigenvalue weighted by atomic mass is 32.1. The molecule has 0 aromatic carbocycles. The molecule has 0 radical (unpaired) electrons. The first-order valence-corrected chi connectivity index (χ1v) is 4.99. The number of nitrogens with two attached hydrogens (primary N) is 1. The molecular weight excluding hydrogens is 186 g/mol. The van der Waals surface area contributed by atoms with Gasteiger partial charge in [-0.3, -0.25) is 0 Å². The van der Waals surface area contributed by atoms with Gasteiger partial charge in [0.1, 0.15) is 4.88 Å². The van der Waals surface area contributed by atoms with Crippen molar-refractivity contribution in [1.29, 1.82) is 0 Å². The molecule has 0 saturated heterocycles. The molecule has 1 aromatic rings. The zero-order valence-electron chi connectivity index (χ0n) is 7.74. The predicted molar refractivity (Wildman–Crippen MR) is 52.9 cm³/mol. The molecule has 1 atom stereocenters. The van der Waals surface area contributed by atoms with E-state index in [1.54, 1.807) is 13.0 Å². The molecule has 1 unspecified atom stereocenters. The molecule has 0 amide bonds. The topological polar surface area (TPSA) is 52.3 Å². The summed E-state index contributed by atoms with van der Waals surface area (Å²) in [6.45, 7) is 4.09. The van der Waals surface area contributed by atoms with Crippen molar-refractivity contribution >= 4 is 17.3 Å². The Kier molecular flexibility index (Phi) is 3.45. The third kappa shape index (κ3) is 2.54. The molecule has 13 heavy (non-hydrogen) atoms. The summed E-state index contributed by atoms with van der Waals surface area (Å²) in [7, 11) is 0. The van der Waals surface area contributed by atoms with Crippen LogP contribution in [0.1, 0.15) is 34.4 Å². The normalized spacial score (nSPS) is 12.5. The number of esters is 1. The second kappa shape index (κ2) is 4.39. The molecule has 3 nitrogen and oxygen atoms in total. The van der Waals surface area contributed by atoms with Crippen molar-refractivity contribution < 1.29 is 9.53 Å². The van der Waals surface area contributed by atoms with Crippen LogP contribution in [-0.4, -0.2) is 12.6 Å². The smallest absolute Gasteiger partial charge is 0.348 e. The minimum absolute atomic E-state index is 0.0202. The van der Waals surface area contributed by atoms with Gasteiger partial charge >= 0.3 is 5.97 Å². The van der Waals surface area contributed by atoms with E-state index in [1.165, 1.54) is 11.3 Å². The van der Waals surface area contributed by atoms with E-state index in [-0.39, 0.29) is 12.0 Å². The standard InChI is InChI=1S/C9H13NO2S/c1-3-12-9(11)8-5-4-7(13-8)6(2)10/h4-6H,3,10H2,1-2H3. The van der Waals surface area contributed by atoms with Gasteiger partial charge < -0.3 is 10.5 Å². The van der Waals surface area contributed by atoms with Crippen molar-refractivity contribution in [1.82, 2.24) is 0 Å². The molecule has 0 fully saturated rings. The van der Waals surface area contributed by atoms with Crippen molar-refractivity contribution in [3.8, 4) is 0 Å². The first-order chi connectivity index (χ1) is 6.15. The minimum atomic E-state index is -0.264. The zero-order valence-corrected chi connectivity index (χ0v) is 8.56. The lowest BCUT2D eigenvalue weighted by Gasteiger charge is -1.99. The second-order valence-corrected chi connectivity index (χ2v) is 3.83. The number of rotatable bonds is 3. The van der Waals surface area contributed by atoms with Crippen LogP contribution in [0.15, 0.2) is 12.1 Å². The van der Waals surface area contributed by atoms with Crippen LogP contribution in [0, 0.1) is 0 Å². The van der Waals surface area contributed by atoms with Crippen LogP contribution in [0.2, 0.25) is 0 Å². The first-order valence-electron chi connectivity index (χ1n) is 4.17. The fraction of sp³-hybridized carbons (Fsp3) is 0.444. The van der Waals surface area contributed by atoms with Gasteiger partial charge in [0.25, 0.3) is 0 Å². The molecule has 0 aliphatic rings. The highest BCUT2D eigenvalue weighted by Crippen LogP contribution is 2.21. The highest BCUT2D eigenvalue weighted by Gasteiger charge is 2.11. The molecule has 0 aliphatic heterocycles. The predicted octanol–water partition coefficient (Wildman–Crippen LogP) is 1.94. The van der Waals surface area contributed by atoms with Gasteiger partial charge in [-0.2, -0.15) is 0 Å². The van der Waals surface area contributed by atoms with Crippen molar-refractivity contribution in [3.05, 3.63) is 21.9 Å². The van der Waals surface area contributed by atoms with Crippen LogP contribution in [0.4, 0.5) is 0 Å². The van der Waals surface area contributed by atoms with E-state index in [0.29, 0.717) is 11.5 Å². The maximum Gasteiger partial charge on any atom is 0.348 e. The molecule has 72 valence electrons. The number of carbonyl (C=O) groups is 1. The third-order valence-electron chi connectivity index (χ3n) is 1.55. The van der Waals surface area contributed by atoms with Crippen LogP contribution in [-0.2, 0) is 4.74 Å². The molecular formula is C9H13NO2S. The van der Waals surface area contributed by atoms with Gasteiger partial charge in [0.15, 0.2) is 0 Å². The van der Waals surface area contributed by atoms with E-state index >= 15 is 0 Å². The average molecular weight is 199 g/mol. The van der Waals surface area contributed by atoms with Crippen LogP contribution in [0.25, 0.3) is 0 Å². The number of ether oxygens (including phenoxy) is 1. The summed E-state index contributed by atoms with van der Waals surface area (Å²) in [6, 6.07) is 3.59. The van der Waals surface area contributed by atoms with Crippen molar-refractivity contribution in [2.24, 2.45) is 5.73 Å². The third-order valence-corrected chi connectivity index (χ3v) is 2.82. The lowest BCUT2D eigenvalue weighted by Crippen LogP contribution is -2.03. The number of hydrogen-bond acceptors (Lipinski definition) is 4. The summed E-state index contributed by atoms with van der Waals surface area (Å²) in [5, 5.41) is 0. The Balaban J connectivity index is 2.73. The average Bonchev–Trinajstić information content (AvgIpc) is 2.52. The van der Waals surface area contributed by atoms with Crippen molar-refractivity contribution in [2.45, 2.75) is 19.9 Å². The van der Waals surface area contributed by atoms with Crippen LogP contribution in [0.3, 0.4) is 0 Å². The quantitative estimate of drug-likeness (QED) is 0.757. The Hall–Kier alpha value is -0.870. The van der Waals surface area contributed by atoms with Crippen LogP contribution >= 0.6 is 11.3 Å². The lowest BCUT2D eigenvalue weighted by atomic mass is 10.3. The molecule has 0 aliphatic carbocycles. The van der Waals surface area contributed by atoms with E-state index in [4.69, 9.17) is 10.5 Å². The Bertz CT molecular complexity index is 294. The van der Waals surface area contributed by atoms with E-state index in [9.17, 15) is 4.79 Å². The first kappa shape index (κ1) is 10.2. The molecule has 1 aromatic heterocycles. The number of carbonyl (C=O) groups excluding carboxylic acids is 1. The number of hydrogen-bond donors (Lipinski definition) is 1. The fourth-order valence-corrected chi connectivity index (χ4v) is 1.76. The van der Waals surface area contributed by atoms with E-state index < -0.39 is 0 Å². The molecule has 0 saturated carbocycles. The van der Waals surface area contributed by atoms with Crippen molar-refractivity contribution in [2.75, 3.05) is 6.61 Å². The Morgan fingerprint density at radius 1 is 1.69 bits per heavy atom. The van der Waals surface area contributed by atoms with Crippen LogP contribution in [0.5, 0.6) is 0 Å². The summed E-state index contributed by atoms with van der Waals surface area (Å²) < 4.78 is 4.85. The summed E-state index contributed by atoms with van der Waals surface area (Å²) in [4.78, 5) is 12.9. The van der Waals surface area contributed by atoms with E-state index in [1.807, 2.05) is 13.0 Å². The maximum absolute atomic E-state index is 11.2. The molecule has 0 bridgehead atoms. The van der Waals surface area contributed by atoms with E-state index in [2.05, 4.69) is 0 Å². The van der Waals surface area contributed by atoms with Crippen molar-refractivity contribution in [3.63, 3.8) is 0 Å². The summed E-state index contributed by atoms with van der Waals surface area (Å²) in [5.41, 5.74) is 5.66.